The molecule has 0 radical (unpaired) electrons. The van der Waals surface area contributed by atoms with Gasteiger partial charge < -0.3 is 19.9 Å². The molecule has 1 aromatic carbocycles. The second-order valence-corrected chi connectivity index (χ2v) is 7.68. The first-order valence-electron chi connectivity index (χ1n) is 9.94. The number of nitrogens with zero attached hydrogens (tertiary/aromatic N) is 5. The number of aryl methyl sites for hydroxylation is 1. The molecule has 0 spiro atoms. The monoisotopic (exact) mass is 438 g/mol. The van der Waals surface area contributed by atoms with Crippen LogP contribution in [0.5, 0.6) is 5.75 Å². The van der Waals surface area contributed by atoms with Crippen LogP contribution in [0.3, 0.4) is 0 Å². The van der Waals surface area contributed by atoms with Crippen molar-refractivity contribution < 1.29 is 9.53 Å². The number of hydrogen-bond acceptors (Lipinski definition) is 7. The third kappa shape index (κ3) is 4.86. The molecule has 0 bridgehead atoms. The number of rotatable bonds is 5. The van der Waals surface area contributed by atoms with Crippen molar-refractivity contribution in [3.05, 3.63) is 64.8 Å². The second-order valence-electron chi connectivity index (χ2n) is 7.25. The molecule has 1 amide bonds. The highest BCUT2D eigenvalue weighted by atomic mass is 35.5. The summed E-state index contributed by atoms with van der Waals surface area (Å²) < 4.78 is 5.32. The minimum absolute atomic E-state index is 0.0878. The maximum Gasteiger partial charge on any atom is 0.257 e. The lowest BCUT2D eigenvalue weighted by Crippen LogP contribution is -2.49. The van der Waals surface area contributed by atoms with E-state index < -0.39 is 0 Å². The lowest BCUT2D eigenvalue weighted by Gasteiger charge is -2.35. The molecule has 0 unspecified atom stereocenters. The number of halogens is 1. The molecule has 2 aromatic heterocycles. The van der Waals surface area contributed by atoms with Gasteiger partial charge >= 0.3 is 0 Å². The summed E-state index contributed by atoms with van der Waals surface area (Å²) in [7, 11) is 1.55. The fraction of sp³-hybridized carbons (Fsp3) is 0.273. The lowest BCUT2D eigenvalue weighted by atomic mass is 10.1. The van der Waals surface area contributed by atoms with E-state index in [1.807, 2.05) is 31.2 Å². The van der Waals surface area contributed by atoms with Crippen molar-refractivity contribution in [1.82, 2.24) is 20.1 Å². The van der Waals surface area contributed by atoms with Crippen molar-refractivity contribution >= 4 is 35.0 Å². The molecule has 1 fully saturated rings. The maximum atomic E-state index is 12.9. The van der Waals surface area contributed by atoms with Gasteiger partial charge in [-0.3, -0.25) is 4.79 Å². The molecule has 1 aliphatic rings. The first kappa shape index (κ1) is 20.9. The molecule has 3 heterocycles. The van der Waals surface area contributed by atoms with E-state index >= 15 is 0 Å². The Hall–Kier alpha value is -3.39. The first-order chi connectivity index (χ1) is 15.0. The van der Waals surface area contributed by atoms with E-state index in [1.165, 1.54) is 0 Å². The van der Waals surface area contributed by atoms with Gasteiger partial charge in [-0.05, 0) is 48.9 Å². The number of piperazine rings is 1. The zero-order valence-corrected chi connectivity index (χ0v) is 18.1. The van der Waals surface area contributed by atoms with Gasteiger partial charge in [-0.15, -0.1) is 10.2 Å². The number of hydrogen-bond donors (Lipinski definition) is 1. The molecular formula is C22H23ClN6O2. The predicted octanol–water partition coefficient (Wildman–Crippen LogP) is 3.55. The van der Waals surface area contributed by atoms with Crippen molar-refractivity contribution in [2.45, 2.75) is 6.92 Å². The van der Waals surface area contributed by atoms with Crippen molar-refractivity contribution in [1.29, 1.82) is 0 Å². The summed E-state index contributed by atoms with van der Waals surface area (Å²) >= 11 is 6.07. The SMILES string of the molecule is COc1ccc(Cl)cc1C(=O)N1CCN(c2ccc(Nc3ccc(C)cn3)nn2)CC1. The number of aromatic nitrogens is 3. The summed E-state index contributed by atoms with van der Waals surface area (Å²) in [5.41, 5.74) is 1.57. The van der Waals surface area contributed by atoms with Crippen LogP contribution in [0.2, 0.25) is 5.02 Å². The molecule has 31 heavy (non-hydrogen) atoms. The van der Waals surface area contributed by atoms with Crippen molar-refractivity contribution in [2.24, 2.45) is 0 Å². The van der Waals surface area contributed by atoms with Crippen LogP contribution in [-0.2, 0) is 0 Å². The number of anilines is 3. The van der Waals surface area contributed by atoms with Gasteiger partial charge in [0.25, 0.3) is 5.91 Å². The Bertz CT molecular complexity index is 1050. The van der Waals surface area contributed by atoms with E-state index in [4.69, 9.17) is 16.3 Å². The fourth-order valence-electron chi connectivity index (χ4n) is 3.39. The average Bonchev–Trinajstić information content (AvgIpc) is 2.81. The quantitative estimate of drug-likeness (QED) is 0.652. The standard InChI is InChI=1S/C22H23ClN6O2/c1-15-3-6-19(24-14-15)25-20-7-8-21(27-26-20)28-9-11-29(12-10-28)22(30)17-13-16(23)4-5-18(17)31-2/h3-8,13-14H,9-12H2,1-2H3,(H,24,25,26). The molecule has 3 aromatic rings. The van der Waals surface area contributed by atoms with Crippen LogP contribution in [0, 0.1) is 6.92 Å². The molecule has 9 heteroatoms. The Kier molecular flexibility index (Phi) is 6.18. The molecule has 1 N–H and O–H groups in total. The van der Waals surface area contributed by atoms with E-state index in [2.05, 4.69) is 25.4 Å². The summed E-state index contributed by atoms with van der Waals surface area (Å²) in [6.45, 7) is 4.46. The summed E-state index contributed by atoms with van der Waals surface area (Å²) in [6, 6.07) is 12.7. The minimum atomic E-state index is -0.0878. The van der Waals surface area contributed by atoms with Gasteiger partial charge in [0.2, 0.25) is 0 Å². The Morgan fingerprint density at radius 3 is 2.45 bits per heavy atom. The largest absolute Gasteiger partial charge is 0.496 e. The van der Waals surface area contributed by atoms with E-state index in [0.717, 1.165) is 17.2 Å². The molecule has 0 aliphatic carbocycles. The average molecular weight is 439 g/mol. The highest BCUT2D eigenvalue weighted by Gasteiger charge is 2.25. The number of methoxy groups -OCH3 is 1. The van der Waals surface area contributed by atoms with Crippen LogP contribution in [-0.4, -0.2) is 59.3 Å². The van der Waals surface area contributed by atoms with Gasteiger partial charge in [0.1, 0.15) is 11.6 Å². The van der Waals surface area contributed by atoms with Gasteiger partial charge in [-0.2, -0.15) is 0 Å². The molecule has 160 valence electrons. The molecule has 0 saturated carbocycles. The Labute approximate surface area is 185 Å². The van der Waals surface area contributed by atoms with Gasteiger partial charge in [0, 0.05) is 37.4 Å². The van der Waals surface area contributed by atoms with Crippen LogP contribution in [0.15, 0.2) is 48.7 Å². The van der Waals surface area contributed by atoms with E-state index in [-0.39, 0.29) is 5.91 Å². The van der Waals surface area contributed by atoms with Crippen LogP contribution in [0.1, 0.15) is 15.9 Å². The highest BCUT2D eigenvalue weighted by molar-refractivity contribution is 6.31. The molecule has 1 saturated heterocycles. The van der Waals surface area contributed by atoms with Gasteiger partial charge in [-0.25, -0.2) is 4.98 Å². The Balaban J connectivity index is 1.37. The summed E-state index contributed by atoms with van der Waals surface area (Å²) in [6.07, 6.45) is 1.80. The zero-order chi connectivity index (χ0) is 21.8. The van der Waals surface area contributed by atoms with E-state index in [9.17, 15) is 4.79 Å². The van der Waals surface area contributed by atoms with Crippen LogP contribution >= 0.6 is 11.6 Å². The number of ether oxygens (including phenoxy) is 1. The van der Waals surface area contributed by atoms with Crippen molar-refractivity contribution in [3.8, 4) is 5.75 Å². The zero-order valence-electron chi connectivity index (χ0n) is 17.4. The number of nitrogens with one attached hydrogen (secondary N) is 1. The summed E-state index contributed by atoms with van der Waals surface area (Å²) in [4.78, 5) is 21.2. The number of pyridine rings is 1. The maximum absolute atomic E-state index is 12.9. The normalized spacial score (nSPS) is 13.8. The fourth-order valence-corrected chi connectivity index (χ4v) is 3.56. The van der Waals surface area contributed by atoms with Crippen LogP contribution in [0.4, 0.5) is 17.5 Å². The Morgan fingerprint density at radius 2 is 1.81 bits per heavy atom. The summed E-state index contributed by atoms with van der Waals surface area (Å²) in [5, 5.41) is 12.2. The van der Waals surface area contributed by atoms with Crippen LogP contribution in [0.25, 0.3) is 0 Å². The lowest BCUT2D eigenvalue weighted by molar-refractivity contribution is 0.0743. The number of carbonyl (C=O) groups excluding carboxylic acids is 1. The molecule has 4 rings (SSSR count). The predicted molar refractivity (Wildman–Crippen MR) is 120 cm³/mol. The minimum Gasteiger partial charge on any atom is -0.496 e. The van der Waals surface area contributed by atoms with Gasteiger partial charge in [0.15, 0.2) is 11.6 Å². The van der Waals surface area contributed by atoms with Crippen molar-refractivity contribution in [2.75, 3.05) is 43.5 Å². The summed E-state index contributed by atoms with van der Waals surface area (Å²) in [5.74, 6) is 2.55. The molecule has 1 aliphatic heterocycles. The number of amides is 1. The van der Waals surface area contributed by atoms with Crippen LogP contribution < -0.4 is 15.0 Å². The number of benzene rings is 1. The van der Waals surface area contributed by atoms with E-state index in [1.54, 1.807) is 36.4 Å². The Morgan fingerprint density at radius 1 is 1.03 bits per heavy atom. The van der Waals surface area contributed by atoms with Gasteiger partial charge in [-0.1, -0.05) is 17.7 Å². The molecule has 8 nitrogen and oxygen atoms in total. The second kappa shape index (κ2) is 9.18. The third-order valence-corrected chi connectivity index (χ3v) is 5.34. The topological polar surface area (TPSA) is 83.5 Å². The third-order valence-electron chi connectivity index (χ3n) is 5.10. The van der Waals surface area contributed by atoms with Gasteiger partial charge in [0.05, 0.1) is 12.7 Å². The smallest absolute Gasteiger partial charge is 0.257 e. The molecule has 0 atom stereocenters. The van der Waals surface area contributed by atoms with Crippen molar-refractivity contribution in [3.63, 3.8) is 0 Å². The molecular weight excluding hydrogens is 416 g/mol. The first-order valence-corrected chi connectivity index (χ1v) is 10.3. The number of carbonyl (C=O) groups is 1. The highest BCUT2D eigenvalue weighted by Crippen LogP contribution is 2.25. The van der Waals surface area contributed by atoms with E-state index in [0.29, 0.717) is 48.3 Å².